The van der Waals surface area contributed by atoms with Gasteiger partial charge in [-0.15, -0.1) is 0 Å². The van der Waals surface area contributed by atoms with Crippen LogP contribution in [0.15, 0.2) is 70.1 Å². The maximum absolute atomic E-state index is 6.09. The molecular weight excluding hydrogens is 270 g/mol. The maximum Gasteiger partial charge on any atom is 0.136 e. The third-order valence-electron chi connectivity index (χ3n) is 4.36. The molecule has 22 heavy (non-hydrogen) atoms. The van der Waals surface area contributed by atoms with Crippen LogP contribution < -0.4 is 5.36 Å². The summed E-state index contributed by atoms with van der Waals surface area (Å²) in [4.78, 5) is 5.01. The van der Waals surface area contributed by atoms with Crippen LogP contribution in [0.2, 0.25) is 0 Å². The molecule has 1 saturated carbocycles. The molecule has 0 atom stereocenters. The molecule has 1 aromatic heterocycles. The van der Waals surface area contributed by atoms with E-state index < -0.39 is 0 Å². The van der Waals surface area contributed by atoms with Crippen LogP contribution in [-0.4, -0.2) is 6.04 Å². The Labute approximate surface area is 130 Å². The van der Waals surface area contributed by atoms with Gasteiger partial charge in [0.1, 0.15) is 11.3 Å². The Morgan fingerprint density at radius 1 is 0.864 bits per heavy atom. The van der Waals surface area contributed by atoms with E-state index in [4.69, 9.17) is 9.41 Å². The first-order valence-corrected chi connectivity index (χ1v) is 8.02. The number of hydrogen-bond donors (Lipinski definition) is 0. The van der Waals surface area contributed by atoms with E-state index >= 15 is 0 Å². The second-order valence-corrected chi connectivity index (χ2v) is 5.93. The van der Waals surface area contributed by atoms with Crippen LogP contribution in [0.5, 0.6) is 0 Å². The van der Waals surface area contributed by atoms with Crippen molar-refractivity contribution in [2.24, 2.45) is 4.99 Å². The van der Waals surface area contributed by atoms with E-state index in [0.29, 0.717) is 6.04 Å². The molecule has 4 rings (SSSR count). The van der Waals surface area contributed by atoms with Crippen LogP contribution in [0, 0.1) is 0 Å². The van der Waals surface area contributed by atoms with Crippen LogP contribution in [0.4, 0.5) is 0 Å². The Balaban J connectivity index is 1.93. The predicted molar refractivity (Wildman–Crippen MR) is 89.5 cm³/mol. The molecule has 0 radical (unpaired) electrons. The molecule has 0 spiro atoms. The molecule has 2 heteroatoms. The molecule has 3 aromatic rings. The summed E-state index contributed by atoms with van der Waals surface area (Å²) in [6.07, 6.45) is 5.02. The average Bonchev–Trinajstić information content (AvgIpc) is 3.09. The molecule has 1 heterocycles. The van der Waals surface area contributed by atoms with Gasteiger partial charge < -0.3 is 4.42 Å². The first-order valence-electron chi connectivity index (χ1n) is 8.02. The average molecular weight is 289 g/mol. The lowest BCUT2D eigenvalue weighted by Crippen LogP contribution is -2.09. The van der Waals surface area contributed by atoms with Crippen LogP contribution in [0.3, 0.4) is 0 Å². The molecule has 0 unspecified atom stereocenters. The van der Waals surface area contributed by atoms with Crippen molar-refractivity contribution in [2.75, 3.05) is 0 Å². The Kier molecular flexibility index (Phi) is 3.51. The van der Waals surface area contributed by atoms with E-state index in [1.165, 1.54) is 25.7 Å². The lowest BCUT2D eigenvalue weighted by atomic mass is 10.1. The summed E-state index contributed by atoms with van der Waals surface area (Å²) in [7, 11) is 0. The zero-order valence-electron chi connectivity index (χ0n) is 12.5. The van der Waals surface area contributed by atoms with E-state index in [9.17, 15) is 0 Å². The topological polar surface area (TPSA) is 25.5 Å². The summed E-state index contributed by atoms with van der Waals surface area (Å²) < 4.78 is 6.09. The van der Waals surface area contributed by atoms with Gasteiger partial charge in [-0.1, -0.05) is 55.3 Å². The highest BCUT2D eigenvalue weighted by Crippen LogP contribution is 2.23. The van der Waals surface area contributed by atoms with Gasteiger partial charge in [0.2, 0.25) is 0 Å². The highest BCUT2D eigenvalue weighted by atomic mass is 16.3. The lowest BCUT2D eigenvalue weighted by Gasteiger charge is -2.06. The second-order valence-electron chi connectivity index (χ2n) is 5.93. The molecule has 2 aromatic carbocycles. The summed E-state index contributed by atoms with van der Waals surface area (Å²) in [6.45, 7) is 0. The highest BCUT2D eigenvalue weighted by Gasteiger charge is 2.14. The van der Waals surface area contributed by atoms with Crippen molar-refractivity contribution in [3.05, 3.63) is 66.0 Å². The summed E-state index contributed by atoms with van der Waals surface area (Å²) >= 11 is 0. The Morgan fingerprint density at radius 2 is 1.59 bits per heavy atom. The minimum Gasteiger partial charge on any atom is -0.456 e. The van der Waals surface area contributed by atoms with Crippen molar-refractivity contribution < 1.29 is 4.42 Å². The molecule has 0 bridgehead atoms. The van der Waals surface area contributed by atoms with Crippen molar-refractivity contribution in [3.8, 4) is 11.3 Å². The molecule has 110 valence electrons. The monoisotopic (exact) mass is 289 g/mol. The van der Waals surface area contributed by atoms with Crippen molar-refractivity contribution in [3.63, 3.8) is 0 Å². The van der Waals surface area contributed by atoms with Crippen molar-refractivity contribution in [1.29, 1.82) is 0 Å². The molecule has 0 saturated heterocycles. The molecular formula is C20H19NO. The van der Waals surface area contributed by atoms with Gasteiger partial charge in [-0.2, -0.15) is 0 Å². The summed E-state index contributed by atoms with van der Waals surface area (Å²) in [5.41, 5.74) is 2.00. The number of rotatable bonds is 2. The van der Waals surface area contributed by atoms with Crippen molar-refractivity contribution >= 4 is 11.0 Å². The molecule has 1 fully saturated rings. The van der Waals surface area contributed by atoms with Gasteiger partial charge >= 0.3 is 0 Å². The number of nitrogens with zero attached hydrogens (tertiary/aromatic N) is 1. The Morgan fingerprint density at radius 3 is 2.41 bits per heavy atom. The zero-order chi connectivity index (χ0) is 14.8. The van der Waals surface area contributed by atoms with Gasteiger partial charge in [0.25, 0.3) is 0 Å². The van der Waals surface area contributed by atoms with Crippen LogP contribution in [-0.2, 0) is 0 Å². The largest absolute Gasteiger partial charge is 0.456 e. The normalized spacial score (nSPS) is 16.5. The first-order chi connectivity index (χ1) is 10.9. The van der Waals surface area contributed by atoms with E-state index in [1.807, 2.05) is 36.4 Å². The summed E-state index contributed by atoms with van der Waals surface area (Å²) in [5.74, 6) is 0.885. The number of fused-ring (bicyclic) bond motifs is 1. The molecule has 2 nitrogen and oxygen atoms in total. The van der Waals surface area contributed by atoms with Gasteiger partial charge in [0.05, 0.1) is 11.4 Å². The fraction of sp³-hybridized carbons (Fsp3) is 0.250. The van der Waals surface area contributed by atoms with Gasteiger partial charge in [-0.25, -0.2) is 0 Å². The standard InChI is InChI=1S/C20H19NO/c1-2-8-15(9-3-1)20-14-18(21-16-10-4-5-11-16)17-12-6-7-13-19(17)22-20/h1-3,6-9,12-14,16H,4-5,10-11H2. The molecule has 1 aliphatic rings. The lowest BCUT2D eigenvalue weighted by molar-refractivity contribution is 0.615. The number of hydrogen-bond acceptors (Lipinski definition) is 2. The van der Waals surface area contributed by atoms with Crippen LogP contribution in [0.1, 0.15) is 25.7 Å². The molecule has 1 aliphatic carbocycles. The maximum atomic E-state index is 6.09. The molecule has 0 amide bonds. The highest BCUT2D eigenvalue weighted by molar-refractivity contribution is 5.78. The van der Waals surface area contributed by atoms with Gasteiger partial charge in [0, 0.05) is 17.0 Å². The second kappa shape index (κ2) is 5.80. The molecule has 0 N–H and O–H groups in total. The smallest absolute Gasteiger partial charge is 0.136 e. The number of para-hydroxylation sites is 1. The van der Waals surface area contributed by atoms with E-state index in [1.54, 1.807) is 0 Å². The minimum absolute atomic E-state index is 0.467. The Hall–Kier alpha value is -2.35. The summed E-state index contributed by atoms with van der Waals surface area (Å²) in [6, 6.07) is 21.0. The minimum atomic E-state index is 0.467. The van der Waals surface area contributed by atoms with Gasteiger partial charge in [-0.3, -0.25) is 4.99 Å². The zero-order valence-corrected chi connectivity index (χ0v) is 12.5. The van der Waals surface area contributed by atoms with Gasteiger partial charge in [0.15, 0.2) is 0 Å². The van der Waals surface area contributed by atoms with E-state index in [-0.39, 0.29) is 0 Å². The van der Waals surface area contributed by atoms with E-state index in [2.05, 4.69) is 24.3 Å². The van der Waals surface area contributed by atoms with Crippen molar-refractivity contribution in [1.82, 2.24) is 0 Å². The molecule has 0 aliphatic heterocycles. The SMILES string of the molecule is c1ccc(-c2cc(=NC3CCCC3)c3ccccc3o2)cc1. The van der Waals surface area contributed by atoms with Crippen molar-refractivity contribution in [2.45, 2.75) is 31.7 Å². The number of benzene rings is 2. The third-order valence-corrected chi connectivity index (χ3v) is 4.36. The quantitative estimate of drug-likeness (QED) is 0.656. The van der Waals surface area contributed by atoms with Crippen LogP contribution >= 0.6 is 0 Å². The summed E-state index contributed by atoms with van der Waals surface area (Å²) in [5, 5.41) is 2.17. The fourth-order valence-electron chi connectivity index (χ4n) is 3.20. The van der Waals surface area contributed by atoms with Gasteiger partial charge in [-0.05, 0) is 25.0 Å². The van der Waals surface area contributed by atoms with E-state index in [0.717, 1.165) is 27.7 Å². The van der Waals surface area contributed by atoms with Crippen LogP contribution in [0.25, 0.3) is 22.3 Å². The fourth-order valence-corrected chi connectivity index (χ4v) is 3.20. The Bertz CT molecular complexity index is 842. The first kappa shape index (κ1) is 13.3. The third kappa shape index (κ3) is 2.57. The predicted octanol–water partition coefficient (Wildman–Crippen LogP) is 4.94.